The van der Waals surface area contributed by atoms with Gasteiger partial charge in [0.25, 0.3) is 5.69 Å². The predicted molar refractivity (Wildman–Crippen MR) is 148 cm³/mol. The zero-order valence-corrected chi connectivity index (χ0v) is 19.9. The summed E-state index contributed by atoms with van der Waals surface area (Å²) in [5.74, 6) is 0. The van der Waals surface area contributed by atoms with E-state index in [-0.39, 0.29) is 5.69 Å². The number of nitrogen functional groups attached to an aromatic ring is 1. The molecule has 2 N–H and O–H groups in total. The first-order chi connectivity index (χ1) is 17.6. The molecule has 0 saturated heterocycles. The molecule has 0 aliphatic carbocycles. The molecule has 0 spiro atoms. The predicted octanol–water partition coefficient (Wildman–Crippen LogP) is 6.75. The summed E-state index contributed by atoms with van der Waals surface area (Å²) in [6.07, 6.45) is 1.99. The van der Waals surface area contributed by atoms with E-state index in [1.807, 2.05) is 96.0 Å². The molecule has 0 fully saturated rings. The minimum Gasteiger partial charge on any atom is -0.397 e. The Labute approximate surface area is 212 Å². The van der Waals surface area contributed by atoms with E-state index in [9.17, 15) is 10.1 Å². The van der Waals surface area contributed by atoms with Crippen LogP contribution < -0.4 is 10.7 Å². The molecule has 0 bridgehead atoms. The zero-order valence-electron chi connectivity index (χ0n) is 19.1. The third-order valence-corrected chi connectivity index (χ3v) is 6.44. The number of nitro benzene ring substituents is 1. The van der Waals surface area contributed by atoms with Crippen LogP contribution in [-0.2, 0) is 0 Å². The van der Waals surface area contributed by atoms with Crippen LogP contribution in [0.3, 0.4) is 0 Å². The summed E-state index contributed by atoms with van der Waals surface area (Å²) in [5.41, 5.74) is 10.8. The van der Waals surface area contributed by atoms with Crippen molar-refractivity contribution < 1.29 is 4.92 Å². The third kappa shape index (κ3) is 5.03. The fourth-order valence-electron chi connectivity index (χ4n) is 3.62. The smallest absolute Gasteiger partial charge is 0.269 e. The number of hydrazone groups is 1. The summed E-state index contributed by atoms with van der Waals surface area (Å²) in [7, 11) is 0. The number of nitrogens with zero attached hydrogens (tertiary/aromatic N) is 4. The summed E-state index contributed by atoms with van der Waals surface area (Å²) >= 11 is 1.47. The van der Waals surface area contributed by atoms with Crippen LogP contribution in [0.25, 0.3) is 0 Å². The molecule has 0 amide bonds. The Morgan fingerprint density at radius 3 is 2.19 bits per heavy atom. The summed E-state index contributed by atoms with van der Waals surface area (Å²) in [4.78, 5) is 15.6. The molecule has 176 valence electrons. The van der Waals surface area contributed by atoms with Gasteiger partial charge >= 0.3 is 0 Å². The SMILES string of the molecule is Nc1ccccc1N=C(/C=C1\SC(c2ccc([N+](=O)[O-])cc2)=NN1c1ccccc1)c1ccccc1. The van der Waals surface area contributed by atoms with Gasteiger partial charge in [0.2, 0.25) is 0 Å². The van der Waals surface area contributed by atoms with Crippen molar-refractivity contribution in [1.82, 2.24) is 0 Å². The van der Waals surface area contributed by atoms with Crippen molar-refractivity contribution in [1.29, 1.82) is 0 Å². The van der Waals surface area contributed by atoms with Crippen molar-refractivity contribution in [2.75, 3.05) is 10.7 Å². The van der Waals surface area contributed by atoms with Gasteiger partial charge in [-0.3, -0.25) is 10.1 Å². The maximum Gasteiger partial charge on any atom is 0.269 e. The van der Waals surface area contributed by atoms with Crippen LogP contribution in [-0.4, -0.2) is 15.7 Å². The van der Waals surface area contributed by atoms with Gasteiger partial charge in [-0.05, 0) is 54.2 Å². The lowest BCUT2D eigenvalue weighted by atomic mass is 10.1. The number of benzene rings is 4. The lowest BCUT2D eigenvalue weighted by Crippen LogP contribution is -2.11. The highest BCUT2D eigenvalue weighted by atomic mass is 32.2. The second kappa shape index (κ2) is 10.3. The molecule has 0 radical (unpaired) electrons. The molecule has 1 aliphatic rings. The number of hydrogen-bond acceptors (Lipinski definition) is 7. The van der Waals surface area contributed by atoms with Crippen LogP contribution in [0, 0.1) is 10.1 Å². The first-order valence-corrected chi connectivity index (χ1v) is 12.0. The second-order valence-corrected chi connectivity index (χ2v) is 8.87. The van der Waals surface area contributed by atoms with Crippen molar-refractivity contribution in [2.45, 2.75) is 0 Å². The Kier molecular flexibility index (Phi) is 6.59. The number of para-hydroxylation sites is 3. The molecule has 1 aliphatic heterocycles. The third-order valence-electron chi connectivity index (χ3n) is 5.43. The second-order valence-electron chi connectivity index (χ2n) is 7.86. The summed E-state index contributed by atoms with van der Waals surface area (Å²) in [6, 6.07) is 33.6. The summed E-state index contributed by atoms with van der Waals surface area (Å²) in [6.45, 7) is 0. The summed E-state index contributed by atoms with van der Waals surface area (Å²) in [5, 5.41) is 19.4. The molecule has 0 atom stereocenters. The number of thioether (sulfide) groups is 1. The normalized spacial score (nSPS) is 14.7. The van der Waals surface area contributed by atoms with E-state index in [1.54, 1.807) is 12.1 Å². The van der Waals surface area contributed by atoms with Crippen LogP contribution in [0.5, 0.6) is 0 Å². The number of nitro groups is 1. The van der Waals surface area contributed by atoms with E-state index in [0.29, 0.717) is 11.4 Å². The number of allylic oxidation sites excluding steroid dienone is 1. The van der Waals surface area contributed by atoms with Gasteiger partial charge in [-0.2, -0.15) is 5.10 Å². The van der Waals surface area contributed by atoms with Crippen molar-refractivity contribution in [3.63, 3.8) is 0 Å². The van der Waals surface area contributed by atoms with Gasteiger partial charge in [-0.1, -0.05) is 60.7 Å². The number of non-ortho nitro benzene ring substituents is 1. The van der Waals surface area contributed by atoms with Crippen LogP contribution in [0.2, 0.25) is 0 Å². The molecule has 8 heteroatoms. The minimum atomic E-state index is -0.410. The van der Waals surface area contributed by atoms with Crippen molar-refractivity contribution >= 4 is 45.3 Å². The molecule has 36 heavy (non-hydrogen) atoms. The van der Waals surface area contributed by atoms with Crippen molar-refractivity contribution in [3.05, 3.63) is 142 Å². The van der Waals surface area contributed by atoms with Gasteiger partial charge < -0.3 is 5.73 Å². The monoisotopic (exact) mass is 491 g/mol. The van der Waals surface area contributed by atoms with E-state index >= 15 is 0 Å². The summed E-state index contributed by atoms with van der Waals surface area (Å²) < 4.78 is 0. The van der Waals surface area contributed by atoms with Crippen molar-refractivity contribution in [2.24, 2.45) is 10.1 Å². The highest BCUT2D eigenvalue weighted by Crippen LogP contribution is 2.37. The van der Waals surface area contributed by atoms with Gasteiger partial charge in [0, 0.05) is 23.3 Å². The largest absolute Gasteiger partial charge is 0.397 e. The van der Waals surface area contributed by atoms with Crippen LogP contribution in [0.1, 0.15) is 11.1 Å². The molecular weight excluding hydrogens is 470 g/mol. The quantitative estimate of drug-likeness (QED) is 0.139. The molecular formula is C28H21N5O2S. The maximum atomic E-state index is 11.1. The number of anilines is 2. The average Bonchev–Trinajstić information content (AvgIpc) is 3.34. The van der Waals surface area contributed by atoms with Crippen LogP contribution >= 0.6 is 11.8 Å². The van der Waals surface area contributed by atoms with Gasteiger partial charge in [0.1, 0.15) is 10.1 Å². The van der Waals surface area contributed by atoms with Gasteiger partial charge in [-0.25, -0.2) is 10.0 Å². The highest BCUT2D eigenvalue weighted by Gasteiger charge is 2.25. The Hall–Kier alpha value is -4.69. The molecule has 7 nitrogen and oxygen atoms in total. The fourth-order valence-corrected chi connectivity index (χ4v) is 4.59. The standard InChI is InChI=1S/C28H21N5O2S/c29-24-13-7-8-14-25(24)30-26(20-9-3-1-4-10-20)19-27-32(22-11-5-2-6-12-22)31-28(36-27)21-15-17-23(18-16-21)33(34)35/h1-19H,29H2/b27-19-,30-26?. The molecule has 4 aromatic carbocycles. The van der Waals surface area contributed by atoms with Gasteiger partial charge in [-0.15, -0.1) is 0 Å². The van der Waals surface area contributed by atoms with E-state index < -0.39 is 4.92 Å². The lowest BCUT2D eigenvalue weighted by Gasteiger charge is -2.16. The highest BCUT2D eigenvalue weighted by molar-refractivity contribution is 8.18. The Morgan fingerprint density at radius 1 is 0.889 bits per heavy atom. The first-order valence-electron chi connectivity index (χ1n) is 11.2. The molecule has 0 aromatic heterocycles. The molecule has 4 aromatic rings. The van der Waals surface area contributed by atoms with E-state index in [1.165, 1.54) is 23.9 Å². The Balaban J connectivity index is 1.60. The molecule has 1 heterocycles. The van der Waals surface area contributed by atoms with E-state index in [4.69, 9.17) is 15.8 Å². The number of rotatable bonds is 6. The average molecular weight is 492 g/mol. The van der Waals surface area contributed by atoms with E-state index in [2.05, 4.69) is 0 Å². The van der Waals surface area contributed by atoms with Gasteiger partial charge in [0.15, 0.2) is 0 Å². The van der Waals surface area contributed by atoms with Gasteiger partial charge in [0.05, 0.1) is 27.7 Å². The fraction of sp³-hybridized carbons (Fsp3) is 0. The first kappa shape index (κ1) is 23.1. The topological polar surface area (TPSA) is 97.1 Å². The maximum absolute atomic E-state index is 11.1. The Bertz CT molecular complexity index is 1480. The number of nitrogens with two attached hydrogens (primary N) is 1. The number of hydrogen-bond donors (Lipinski definition) is 1. The van der Waals surface area contributed by atoms with E-state index in [0.717, 1.165) is 32.6 Å². The molecule has 0 unspecified atom stereocenters. The minimum absolute atomic E-state index is 0.0389. The van der Waals surface area contributed by atoms with Crippen LogP contribution in [0.15, 0.2) is 130 Å². The van der Waals surface area contributed by atoms with Crippen LogP contribution in [0.4, 0.5) is 22.7 Å². The lowest BCUT2D eigenvalue weighted by molar-refractivity contribution is -0.384. The Morgan fingerprint density at radius 2 is 1.53 bits per heavy atom. The zero-order chi connectivity index (χ0) is 24.9. The molecule has 0 saturated carbocycles. The van der Waals surface area contributed by atoms with Crippen molar-refractivity contribution in [3.8, 4) is 0 Å². The molecule has 5 rings (SSSR count). The number of aliphatic imine (C=N–C) groups is 1.